The Morgan fingerprint density at radius 3 is 2.61 bits per heavy atom. The first-order valence-electron chi connectivity index (χ1n) is 5.92. The number of benzene rings is 1. The van der Waals surface area contributed by atoms with Crippen LogP contribution in [-0.4, -0.2) is 11.7 Å². The quantitative estimate of drug-likeness (QED) is 0.810. The summed E-state index contributed by atoms with van der Waals surface area (Å²) < 4.78 is 5.21. The Labute approximate surface area is 112 Å². The third-order valence-corrected chi connectivity index (χ3v) is 2.83. The van der Waals surface area contributed by atoms with Crippen molar-refractivity contribution < 1.29 is 4.42 Å². The number of hydrogen-bond donors (Lipinski definition) is 2. The van der Waals surface area contributed by atoms with Crippen molar-refractivity contribution >= 4 is 17.3 Å². The maximum absolute atomic E-state index is 5.21. The van der Waals surface area contributed by atoms with Gasteiger partial charge in [0.05, 0.1) is 12.8 Å². The molecule has 0 aliphatic heterocycles. The predicted molar refractivity (Wildman–Crippen MR) is 76.3 cm³/mol. The molecule has 2 N–H and O–H groups in total. The summed E-state index contributed by atoms with van der Waals surface area (Å²) in [5.74, 6) is 0.877. The van der Waals surface area contributed by atoms with E-state index < -0.39 is 0 Å². The molecule has 0 saturated carbocycles. The fourth-order valence-electron chi connectivity index (χ4n) is 1.61. The molecule has 4 heteroatoms. The maximum atomic E-state index is 5.21. The highest BCUT2D eigenvalue weighted by Crippen LogP contribution is 1.99. The molecule has 0 radical (unpaired) electrons. The van der Waals surface area contributed by atoms with Crippen LogP contribution in [0, 0.1) is 0 Å². The van der Waals surface area contributed by atoms with Crippen LogP contribution in [0.3, 0.4) is 0 Å². The topological polar surface area (TPSA) is 37.2 Å². The molecule has 0 aliphatic carbocycles. The van der Waals surface area contributed by atoms with Gasteiger partial charge in [-0.25, -0.2) is 0 Å². The SMILES string of the molecule is S=C(NCCc1ccccc1)NCc1ccco1. The van der Waals surface area contributed by atoms with Crippen LogP contribution in [0.4, 0.5) is 0 Å². The molecule has 0 unspecified atom stereocenters. The summed E-state index contributed by atoms with van der Waals surface area (Å²) in [7, 11) is 0. The molecule has 0 spiro atoms. The summed E-state index contributed by atoms with van der Waals surface area (Å²) in [6, 6.07) is 14.1. The molecule has 94 valence electrons. The third-order valence-electron chi connectivity index (χ3n) is 2.55. The standard InChI is InChI=1S/C14H16N2OS/c18-14(16-11-13-7-4-10-17-13)15-9-8-12-5-2-1-3-6-12/h1-7,10H,8-9,11H2,(H2,15,16,18). The molecule has 18 heavy (non-hydrogen) atoms. The van der Waals surface area contributed by atoms with Crippen molar-refractivity contribution in [1.82, 2.24) is 10.6 Å². The monoisotopic (exact) mass is 260 g/mol. The number of rotatable bonds is 5. The van der Waals surface area contributed by atoms with Gasteiger partial charge in [-0.2, -0.15) is 0 Å². The first kappa shape index (κ1) is 12.6. The zero-order valence-electron chi connectivity index (χ0n) is 10.1. The lowest BCUT2D eigenvalue weighted by Crippen LogP contribution is -2.35. The van der Waals surface area contributed by atoms with E-state index in [0.717, 1.165) is 18.7 Å². The second-order valence-electron chi connectivity index (χ2n) is 3.92. The highest BCUT2D eigenvalue weighted by Gasteiger charge is 1.98. The van der Waals surface area contributed by atoms with E-state index in [1.165, 1.54) is 5.56 Å². The molecule has 0 saturated heterocycles. The Hall–Kier alpha value is -1.81. The van der Waals surface area contributed by atoms with Gasteiger partial charge in [0.1, 0.15) is 5.76 Å². The van der Waals surface area contributed by atoms with E-state index >= 15 is 0 Å². The van der Waals surface area contributed by atoms with E-state index in [0.29, 0.717) is 11.7 Å². The minimum atomic E-state index is 0.615. The van der Waals surface area contributed by atoms with Gasteiger partial charge in [-0.3, -0.25) is 0 Å². The zero-order chi connectivity index (χ0) is 12.6. The third kappa shape index (κ3) is 4.22. The van der Waals surface area contributed by atoms with Gasteiger partial charge in [0.25, 0.3) is 0 Å². The normalized spacial score (nSPS) is 10.0. The van der Waals surface area contributed by atoms with Gasteiger partial charge in [0.15, 0.2) is 5.11 Å². The van der Waals surface area contributed by atoms with Crippen molar-refractivity contribution in [2.75, 3.05) is 6.54 Å². The summed E-state index contributed by atoms with van der Waals surface area (Å²) >= 11 is 5.18. The van der Waals surface area contributed by atoms with E-state index in [-0.39, 0.29) is 0 Å². The fourth-order valence-corrected chi connectivity index (χ4v) is 1.78. The van der Waals surface area contributed by atoms with Gasteiger partial charge in [0.2, 0.25) is 0 Å². The van der Waals surface area contributed by atoms with Crippen LogP contribution in [-0.2, 0) is 13.0 Å². The second kappa shape index (κ2) is 6.81. The lowest BCUT2D eigenvalue weighted by Gasteiger charge is -2.09. The van der Waals surface area contributed by atoms with E-state index in [2.05, 4.69) is 22.8 Å². The maximum Gasteiger partial charge on any atom is 0.166 e. The lowest BCUT2D eigenvalue weighted by atomic mass is 10.1. The van der Waals surface area contributed by atoms with Crippen molar-refractivity contribution in [3.05, 3.63) is 60.1 Å². The van der Waals surface area contributed by atoms with E-state index in [1.54, 1.807) is 6.26 Å². The number of hydrogen-bond acceptors (Lipinski definition) is 2. The first-order valence-corrected chi connectivity index (χ1v) is 6.33. The Balaban J connectivity index is 1.63. The van der Waals surface area contributed by atoms with E-state index in [1.807, 2.05) is 30.3 Å². The van der Waals surface area contributed by atoms with Crippen LogP contribution in [0.15, 0.2) is 53.1 Å². The van der Waals surface area contributed by atoms with Crippen LogP contribution in [0.1, 0.15) is 11.3 Å². The van der Waals surface area contributed by atoms with Crippen molar-refractivity contribution in [2.24, 2.45) is 0 Å². The molecule has 0 fully saturated rings. The summed E-state index contributed by atoms with van der Waals surface area (Å²) in [6.45, 7) is 1.44. The second-order valence-corrected chi connectivity index (χ2v) is 4.33. The van der Waals surface area contributed by atoms with Crippen LogP contribution in [0.5, 0.6) is 0 Å². The molecule has 2 aromatic rings. The minimum absolute atomic E-state index is 0.615. The summed E-state index contributed by atoms with van der Waals surface area (Å²) in [4.78, 5) is 0. The molecule has 0 bridgehead atoms. The van der Waals surface area contributed by atoms with Crippen molar-refractivity contribution in [3.63, 3.8) is 0 Å². The molecule has 1 heterocycles. The Morgan fingerprint density at radius 1 is 1.06 bits per heavy atom. The lowest BCUT2D eigenvalue weighted by molar-refractivity contribution is 0.502. The Bertz CT molecular complexity index is 468. The largest absolute Gasteiger partial charge is 0.467 e. The Morgan fingerprint density at radius 2 is 1.89 bits per heavy atom. The Kier molecular flexibility index (Phi) is 4.78. The predicted octanol–water partition coefficient (Wildman–Crippen LogP) is 2.49. The van der Waals surface area contributed by atoms with Crippen LogP contribution < -0.4 is 10.6 Å². The van der Waals surface area contributed by atoms with E-state index in [9.17, 15) is 0 Å². The zero-order valence-corrected chi connectivity index (χ0v) is 10.9. The average molecular weight is 260 g/mol. The molecule has 2 rings (SSSR count). The number of nitrogens with one attached hydrogen (secondary N) is 2. The molecule has 0 atom stereocenters. The van der Waals surface area contributed by atoms with Gasteiger partial charge < -0.3 is 15.1 Å². The molecule has 1 aromatic heterocycles. The molecular formula is C14H16N2OS. The van der Waals surface area contributed by atoms with Gasteiger partial charge in [-0.05, 0) is 36.3 Å². The minimum Gasteiger partial charge on any atom is -0.467 e. The van der Waals surface area contributed by atoms with Gasteiger partial charge in [-0.1, -0.05) is 30.3 Å². The fraction of sp³-hybridized carbons (Fsp3) is 0.214. The molecule has 3 nitrogen and oxygen atoms in total. The smallest absolute Gasteiger partial charge is 0.166 e. The van der Waals surface area contributed by atoms with Crippen molar-refractivity contribution in [3.8, 4) is 0 Å². The number of thiocarbonyl (C=S) groups is 1. The van der Waals surface area contributed by atoms with Gasteiger partial charge in [-0.15, -0.1) is 0 Å². The average Bonchev–Trinajstić information content (AvgIpc) is 2.91. The van der Waals surface area contributed by atoms with Crippen molar-refractivity contribution in [2.45, 2.75) is 13.0 Å². The van der Waals surface area contributed by atoms with Crippen molar-refractivity contribution in [1.29, 1.82) is 0 Å². The summed E-state index contributed by atoms with van der Waals surface area (Å²) in [5, 5.41) is 6.93. The van der Waals surface area contributed by atoms with Gasteiger partial charge >= 0.3 is 0 Å². The summed E-state index contributed by atoms with van der Waals surface area (Å²) in [6.07, 6.45) is 2.62. The summed E-state index contributed by atoms with van der Waals surface area (Å²) in [5.41, 5.74) is 1.30. The van der Waals surface area contributed by atoms with E-state index in [4.69, 9.17) is 16.6 Å². The molecule has 0 amide bonds. The van der Waals surface area contributed by atoms with Crippen LogP contribution >= 0.6 is 12.2 Å². The van der Waals surface area contributed by atoms with Crippen LogP contribution in [0.25, 0.3) is 0 Å². The highest BCUT2D eigenvalue weighted by atomic mass is 32.1. The molecular weight excluding hydrogens is 244 g/mol. The highest BCUT2D eigenvalue weighted by molar-refractivity contribution is 7.80. The van der Waals surface area contributed by atoms with Gasteiger partial charge in [0, 0.05) is 6.54 Å². The van der Waals surface area contributed by atoms with Crippen LogP contribution in [0.2, 0.25) is 0 Å². The number of furan rings is 1. The molecule has 0 aliphatic rings. The first-order chi connectivity index (χ1) is 8.84. The molecule has 1 aromatic carbocycles.